The number of ether oxygens (including phenoxy) is 6. The highest BCUT2D eigenvalue weighted by atomic mass is 16.8. The van der Waals surface area contributed by atoms with Crippen molar-refractivity contribution in [1.82, 2.24) is 5.32 Å². The van der Waals surface area contributed by atoms with Crippen molar-refractivity contribution in [1.29, 1.82) is 0 Å². The van der Waals surface area contributed by atoms with Gasteiger partial charge in [-0.3, -0.25) is 4.79 Å². The minimum atomic E-state index is -1.97. The second-order valence-electron chi connectivity index (χ2n) is 18.6. The van der Waals surface area contributed by atoms with Gasteiger partial charge in [0.25, 0.3) is 0 Å². The molecule has 1 amide bonds. The third kappa shape index (κ3) is 19.5. The lowest BCUT2D eigenvalue weighted by Gasteiger charge is -2.48. The molecule has 66 heavy (non-hydrogen) atoms. The van der Waals surface area contributed by atoms with Crippen molar-refractivity contribution < 1.29 is 89.4 Å². The van der Waals surface area contributed by atoms with Crippen molar-refractivity contribution in [2.75, 3.05) is 26.4 Å². The molecule has 3 aliphatic heterocycles. The van der Waals surface area contributed by atoms with E-state index in [9.17, 15) is 61.0 Å². The molecule has 12 N–H and O–H groups in total. The van der Waals surface area contributed by atoms with Gasteiger partial charge < -0.3 is 89.9 Å². The van der Waals surface area contributed by atoms with Gasteiger partial charge in [-0.05, 0) is 12.8 Å². The highest BCUT2D eigenvalue weighted by molar-refractivity contribution is 5.76. The number of carbonyl (C=O) groups excluding carboxylic acids is 1. The Morgan fingerprint density at radius 1 is 0.485 bits per heavy atom. The zero-order valence-electron chi connectivity index (χ0n) is 39.7. The van der Waals surface area contributed by atoms with E-state index in [-0.39, 0.29) is 18.9 Å². The molecule has 0 aliphatic carbocycles. The summed E-state index contributed by atoms with van der Waals surface area (Å²) in [5.41, 5.74) is 0. The number of hydrogen-bond acceptors (Lipinski definition) is 18. The van der Waals surface area contributed by atoms with Crippen LogP contribution < -0.4 is 5.32 Å². The molecule has 17 atom stereocenters. The van der Waals surface area contributed by atoms with Gasteiger partial charge in [0.15, 0.2) is 18.9 Å². The highest BCUT2D eigenvalue weighted by Gasteiger charge is 2.53. The van der Waals surface area contributed by atoms with E-state index >= 15 is 0 Å². The SMILES string of the molecule is CCCCCCCCCCCCCCCC(=O)NC(COC1OC(CO)C(OC2OC(CO)C(OC3OC(CO)C(O)C(O)C3O)C(O)C2O)C(O)C1O)C(O)CCCCCCCCCC. The molecule has 3 saturated heterocycles. The first-order chi connectivity index (χ1) is 31.8. The Labute approximate surface area is 392 Å². The Kier molecular flexibility index (Phi) is 29.9. The summed E-state index contributed by atoms with van der Waals surface area (Å²) in [6.07, 6.45) is -1.91. The number of rotatable bonds is 35. The Bertz CT molecular complexity index is 1240. The van der Waals surface area contributed by atoms with E-state index in [1.807, 2.05) is 0 Å². The smallest absolute Gasteiger partial charge is 0.220 e. The van der Waals surface area contributed by atoms with Gasteiger partial charge in [0, 0.05) is 6.42 Å². The number of amides is 1. The molecule has 0 spiro atoms. The van der Waals surface area contributed by atoms with Crippen molar-refractivity contribution in [2.45, 2.75) is 266 Å². The molecule has 3 rings (SSSR count). The number of nitrogens with one attached hydrogen (secondary N) is 1. The van der Waals surface area contributed by atoms with Crippen molar-refractivity contribution in [3.63, 3.8) is 0 Å². The van der Waals surface area contributed by atoms with Gasteiger partial charge in [-0.25, -0.2) is 0 Å². The maximum absolute atomic E-state index is 13.2. The molecule has 0 radical (unpaired) electrons. The van der Waals surface area contributed by atoms with Crippen LogP contribution in [0.25, 0.3) is 0 Å². The second-order valence-corrected chi connectivity index (χ2v) is 18.6. The van der Waals surface area contributed by atoms with E-state index in [1.165, 1.54) is 83.5 Å². The van der Waals surface area contributed by atoms with Crippen molar-refractivity contribution in [3.8, 4) is 0 Å². The summed E-state index contributed by atoms with van der Waals surface area (Å²) in [4.78, 5) is 13.2. The molecule has 19 nitrogen and oxygen atoms in total. The standard InChI is InChI=1S/C47H89NO18/c1-3-5-7-9-11-13-14-15-16-17-19-21-23-25-35(53)48-30(31(52)24-22-20-18-12-10-8-6-4-2)29-61-45-41(59)38(56)43(33(27-50)63-45)66-47-42(60)39(57)44(34(28-51)64-47)65-46-40(58)37(55)36(54)32(26-49)62-46/h30-34,36-47,49-52,54-60H,3-29H2,1-2H3,(H,48,53). The van der Waals surface area contributed by atoms with E-state index in [0.717, 1.165) is 44.9 Å². The molecule has 3 heterocycles. The molecule has 3 fully saturated rings. The molecule has 0 aromatic rings. The van der Waals surface area contributed by atoms with Gasteiger partial charge in [0.2, 0.25) is 5.91 Å². The predicted molar refractivity (Wildman–Crippen MR) is 240 cm³/mol. The summed E-state index contributed by atoms with van der Waals surface area (Å²) in [6, 6.07) is -0.876. The summed E-state index contributed by atoms with van der Waals surface area (Å²) in [5, 5.41) is 119. The molecule has 0 aromatic heterocycles. The van der Waals surface area contributed by atoms with Gasteiger partial charge in [0.1, 0.15) is 73.2 Å². The molecule has 19 heteroatoms. The van der Waals surface area contributed by atoms with E-state index in [2.05, 4.69) is 19.2 Å². The average Bonchev–Trinajstić information content (AvgIpc) is 3.31. The first-order valence-electron chi connectivity index (χ1n) is 25.3. The van der Waals surface area contributed by atoms with Crippen molar-refractivity contribution in [3.05, 3.63) is 0 Å². The monoisotopic (exact) mass is 956 g/mol. The topological polar surface area (TPSA) is 307 Å². The van der Waals surface area contributed by atoms with Crippen LogP contribution in [-0.4, -0.2) is 193 Å². The minimum Gasteiger partial charge on any atom is -0.394 e. The number of carbonyl (C=O) groups is 1. The highest BCUT2D eigenvalue weighted by Crippen LogP contribution is 2.33. The van der Waals surface area contributed by atoms with Crippen LogP contribution in [0.3, 0.4) is 0 Å². The number of unbranched alkanes of at least 4 members (excludes halogenated alkanes) is 19. The fourth-order valence-electron chi connectivity index (χ4n) is 8.90. The Balaban J connectivity index is 1.55. The largest absolute Gasteiger partial charge is 0.394 e. The predicted octanol–water partition coefficient (Wildman–Crippen LogP) is 1.31. The zero-order valence-corrected chi connectivity index (χ0v) is 39.7. The summed E-state index contributed by atoms with van der Waals surface area (Å²) in [6.45, 7) is 1.71. The Morgan fingerprint density at radius 3 is 1.32 bits per heavy atom. The third-order valence-electron chi connectivity index (χ3n) is 13.2. The molecule has 390 valence electrons. The summed E-state index contributed by atoms with van der Waals surface area (Å²) in [7, 11) is 0. The van der Waals surface area contributed by atoms with Crippen molar-refractivity contribution in [2.24, 2.45) is 0 Å². The van der Waals surface area contributed by atoms with Gasteiger partial charge in [-0.1, -0.05) is 142 Å². The van der Waals surface area contributed by atoms with Gasteiger partial charge in [-0.15, -0.1) is 0 Å². The first-order valence-corrected chi connectivity index (χ1v) is 25.3. The lowest BCUT2D eigenvalue weighted by molar-refractivity contribution is -0.379. The number of aliphatic hydroxyl groups is 11. The Hall–Kier alpha value is -1.21. The van der Waals surface area contributed by atoms with Gasteiger partial charge in [0.05, 0.1) is 38.6 Å². The molecule has 3 aliphatic rings. The molecule has 0 saturated carbocycles. The number of hydrogen-bond donors (Lipinski definition) is 12. The summed E-state index contributed by atoms with van der Waals surface area (Å²) in [5.74, 6) is -0.247. The number of aliphatic hydroxyl groups excluding tert-OH is 11. The van der Waals surface area contributed by atoms with Crippen LogP contribution in [0.5, 0.6) is 0 Å². The van der Waals surface area contributed by atoms with Crippen molar-refractivity contribution >= 4 is 5.91 Å². The molecular formula is C47H89NO18. The quantitative estimate of drug-likeness (QED) is 0.0399. The van der Waals surface area contributed by atoms with Crippen LogP contribution in [0.4, 0.5) is 0 Å². The summed E-state index contributed by atoms with van der Waals surface area (Å²) >= 11 is 0. The van der Waals surface area contributed by atoms with E-state index in [0.29, 0.717) is 12.8 Å². The molecule has 0 bridgehead atoms. The summed E-state index contributed by atoms with van der Waals surface area (Å²) < 4.78 is 34.1. The van der Waals surface area contributed by atoms with Crippen LogP contribution in [-0.2, 0) is 33.2 Å². The normalized spacial score (nSPS) is 33.7. The first kappa shape index (κ1) is 59.1. The average molecular weight is 956 g/mol. The van der Waals surface area contributed by atoms with E-state index < -0.39 is 124 Å². The zero-order chi connectivity index (χ0) is 48.4. The fourth-order valence-corrected chi connectivity index (χ4v) is 8.90. The minimum absolute atomic E-state index is 0.247. The molecular weight excluding hydrogens is 867 g/mol. The lowest BCUT2D eigenvalue weighted by Crippen LogP contribution is -2.66. The van der Waals surface area contributed by atoms with Crippen LogP contribution in [0.2, 0.25) is 0 Å². The fraction of sp³-hybridized carbons (Fsp3) is 0.979. The van der Waals surface area contributed by atoms with E-state index in [1.54, 1.807) is 0 Å². The van der Waals surface area contributed by atoms with Gasteiger partial charge >= 0.3 is 0 Å². The van der Waals surface area contributed by atoms with Crippen LogP contribution in [0, 0.1) is 0 Å². The maximum atomic E-state index is 13.2. The van der Waals surface area contributed by atoms with Crippen LogP contribution >= 0.6 is 0 Å². The lowest BCUT2D eigenvalue weighted by atomic mass is 9.96. The van der Waals surface area contributed by atoms with Gasteiger partial charge in [-0.2, -0.15) is 0 Å². The second kappa shape index (κ2) is 33.4. The maximum Gasteiger partial charge on any atom is 0.220 e. The van der Waals surface area contributed by atoms with Crippen LogP contribution in [0.15, 0.2) is 0 Å². The Morgan fingerprint density at radius 2 is 0.864 bits per heavy atom. The molecule has 0 aromatic carbocycles. The van der Waals surface area contributed by atoms with E-state index in [4.69, 9.17) is 28.4 Å². The third-order valence-corrected chi connectivity index (χ3v) is 13.2. The van der Waals surface area contributed by atoms with Crippen LogP contribution in [0.1, 0.15) is 162 Å². The molecule has 17 unspecified atom stereocenters.